The van der Waals surface area contributed by atoms with Crippen molar-refractivity contribution in [2.24, 2.45) is 0 Å². The minimum Gasteiger partial charge on any atom is -0.354 e. The van der Waals surface area contributed by atoms with Gasteiger partial charge in [-0.3, -0.25) is 0 Å². The molecule has 0 saturated carbocycles. The third-order valence-corrected chi connectivity index (χ3v) is 4.40. The second-order valence-electron chi connectivity index (χ2n) is 6.64. The zero-order chi connectivity index (χ0) is 18.2. The first-order valence-electron chi connectivity index (χ1n) is 10.2. The first kappa shape index (κ1) is 21.9. The highest BCUT2D eigenvalue weighted by Gasteiger charge is 2.04. The molecule has 0 aliphatic rings. The van der Waals surface area contributed by atoms with E-state index in [4.69, 9.17) is 11.6 Å². The van der Waals surface area contributed by atoms with Crippen LogP contribution in [0.25, 0.3) is 0 Å². The van der Waals surface area contributed by atoms with Crippen LogP contribution in [0.4, 0.5) is 11.9 Å². The van der Waals surface area contributed by atoms with Crippen LogP contribution >= 0.6 is 11.6 Å². The van der Waals surface area contributed by atoms with Gasteiger partial charge in [-0.2, -0.15) is 15.0 Å². The first-order valence-corrected chi connectivity index (χ1v) is 10.5. The van der Waals surface area contributed by atoms with Gasteiger partial charge < -0.3 is 10.6 Å². The molecule has 0 spiro atoms. The molecule has 0 amide bonds. The van der Waals surface area contributed by atoms with Crippen LogP contribution in [0, 0.1) is 0 Å². The smallest absolute Gasteiger partial charge is 0.228 e. The van der Waals surface area contributed by atoms with Crippen molar-refractivity contribution < 1.29 is 0 Å². The topological polar surface area (TPSA) is 62.7 Å². The van der Waals surface area contributed by atoms with Gasteiger partial charge in [0.15, 0.2) is 0 Å². The molecule has 6 heteroatoms. The molecule has 0 bridgehead atoms. The van der Waals surface area contributed by atoms with Crippen LogP contribution < -0.4 is 10.6 Å². The quantitative estimate of drug-likeness (QED) is 0.346. The molecule has 1 aromatic rings. The van der Waals surface area contributed by atoms with Gasteiger partial charge in [0.1, 0.15) is 0 Å². The van der Waals surface area contributed by atoms with Gasteiger partial charge in [-0.05, 0) is 24.4 Å². The molecule has 1 rings (SSSR count). The average Bonchev–Trinajstić information content (AvgIpc) is 2.60. The lowest BCUT2D eigenvalue weighted by atomic mass is 10.1. The lowest BCUT2D eigenvalue weighted by molar-refractivity contribution is 0.615. The van der Waals surface area contributed by atoms with Crippen molar-refractivity contribution in [1.82, 2.24) is 15.0 Å². The van der Waals surface area contributed by atoms with Gasteiger partial charge in [0.25, 0.3) is 0 Å². The third kappa shape index (κ3) is 12.0. The Hall–Kier alpha value is -1.10. The van der Waals surface area contributed by atoms with Crippen LogP contribution in [-0.4, -0.2) is 28.0 Å². The van der Waals surface area contributed by atoms with Gasteiger partial charge >= 0.3 is 0 Å². The van der Waals surface area contributed by atoms with Gasteiger partial charge in [0.2, 0.25) is 17.2 Å². The Morgan fingerprint density at radius 1 is 0.600 bits per heavy atom. The number of aromatic nitrogens is 3. The Labute approximate surface area is 158 Å². The third-order valence-electron chi connectivity index (χ3n) is 4.24. The SMILES string of the molecule is CCCCCCCCNc1nc(Cl)nc(NCCCCCCCC)n1. The number of unbranched alkanes of at least 4 members (excludes halogenated alkanes) is 10. The second kappa shape index (κ2) is 15.2. The second-order valence-corrected chi connectivity index (χ2v) is 6.98. The fraction of sp³-hybridized carbons (Fsp3) is 0.842. The average molecular weight is 370 g/mol. The molecule has 144 valence electrons. The van der Waals surface area contributed by atoms with E-state index in [1.165, 1.54) is 64.2 Å². The van der Waals surface area contributed by atoms with Crippen molar-refractivity contribution in [3.05, 3.63) is 5.28 Å². The summed E-state index contributed by atoms with van der Waals surface area (Å²) in [5.41, 5.74) is 0. The van der Waals surface area contributed by atoms with Gasteiger partial charge in [-0.1, -0.05) is 78.1 Å². The highest BCUT2D eigenvalue weighted by Crippen LogP contribution is 2.11. The lowest BCUT2D eigenvalue weighted by Gasteiger charge is -2.08. The van der Waals surface area contributed by atoms with Crippen molar-refractivity contribution in [2.45, 2.75) is 90.9 Å². The van der Waals surface area contributed by atoms with Crippen LogP contribution in [-0.2, 0) is 0 Å². The Balaban J connectivity index is 2.19. The zero-order valence-corrected chi connectivity index (χ0v) is 16.9. The molecule has 25 heavy (non-hydrogen) atoms. The Morgan fingerprint density at radius 3 is 1.44 bits per heavy atom. The van der Waals surface area contributed by atoms with Crippen molar-refractivity contribution in [3.63, 3.8) is 0 Å². The highest BCUT2D eigenvalue weighted by molar-refractivity contribution is 6.28. The minimum atomic E-state index is 0.242. The summed E-state index contributed by atoms with van der Waals surface area (Å²) in [5.74, 6) is 1.14. The summed E-state index contributed by atoms with van der Waals surface area (Å²) in [5, 5.41) is 6.75. The summed E-state index contributed by atoms with van der Waals surface area (Å²) in [4.78, 5) is 12.7. The fourth-order valence-corrected chi connectivity index (χ4v) is 2.88. The number of hydrogen-bond donors (Lipinski definition) is 2. The number of hydrogen-bond acceptors (Lipinski definition) is 5. The van der Waals surface area contributed by atoms with E-state index < -0.39 is 0 Å². The number of rotatable bonds is 16. The van der Waals surface area contributed by atoms with E-state index in [1.807, 2.05) is 0 Å². The lowest BCUT2D eigenvalue weighted by Crippen LogP contribution is -2.11. The predicted molar refractivity (Wildman–Crippen MR) is 109 cm³/mol. The molecule has 0 aromatic carbocycles. The molecule has 2 N–H and O–H groups in total. The molecule has 0 aliphatic carbocycles. The first-order chi connectivity index (χ1) is 12.3. The van der Waals surface area contributed by atoms with Crippen LogP contribution in [0.15, 0.2) is 0 Å². The predicted octanol–water partition coefficient (Wildman–Crippen LogP) is 6.07. The van der Waals surface area contributed by atoms with E-state index in [0.717, 1.165) is 25.9 Å². The molecule has 0 unspecified atom stereocenters. The summed E-state index contributed by atoms with van der Waals surface area (Å²) in [6.45, 7) is 6.24. The maximum absolute atomic E-state index is 6.00. The molecular formula is C19H36ClN5. The fourth-order valence-electron chi connectivity index (χ4n) is 2.72. The summed E-state index contributed by atoms with van der Waals surface area (Å²) in [6.07, 6.45) is 15.3. The van der Waals surface area contributed by atoms with Crippen LogP contribution in [0.1, 0.15) is 90.9 Å². The normalized spacial score (nSPS) is 10.8. The molecule has 0 fully saturated rings. The van der Waals surface area contributed by atoms with Crippen LogP contribution in [0.5, 0.6) is 0 Å². The maximum atomic E-state index is 6.00. The summed E-state index contributed by atoms with van der Waals surface area (Å²) >= 11 is 6.00. The zero-order valence-electron chi connectivity index (χ0n) is 16.1. The van der Waals surface area contributed by atoms with Gasteiger partial charge in [-0.25, -0.2) is 0 Å². The standard InChI is InChI=1S/C19H36ClN5/c1-3-5-7-9-11-13-15-21-18-23-17(20)24-19(25-18)22-16-14-12-10-8-6-4-2/h3-16H2,1-2H3,(H2,21,22,23,24,25). The molecule has 1 heterocycles. The number of halogens is 1. The number of nitrogens with one attached hydrogen (secondary N) is 2. The van der Waals surface area contributed by atoms with E-state index in [2.05, 4.69) is 39.4 Å². The summed E-state index contributed by atoms with van der Waals surface area (Å²) < 4.78 is 0. The van der Waals surface area contributed by atoms with Gasteiger partial charge in [0, 0.05) is 13.1 Å². The van der Waals surface area contributed by atoms with Crippen molar-refractivity contribution in [2.75, 3.05) is 23.7 Å². The van der Waals surface area contributed by atoms with Gasteiger partial charge in [-0.15, -0.1) is 0 Å². The number of nitrogens with zero attached hydrogens (tertiary/aromatic N) is 3. The van der Waals surface area contributed by atoms with Crippen LogP contribution in [0.2, 0.25) is 5.28 Å². The molecule has 5 nitrogen and oxygen atoms in total. The van der Waals surface area contributed by atoms with E-state index in [9.17, 15) is 0 Å². The van der Waals surface area contributed by atoms with E-state index in [0.29, 0.717) is 11.9 Å². The molecule has 0 aliphatic heterocycles. The Bertz CT molecular complexity index is 406. The molecular weight excluding hydrogens is 334 g/mol. The number of anilines is 2. The maximum Gasteiger partial charge on any atom is 0.228 e. The van der Waals surface area contributed by atoms with Crippen LogP contribution in [0.3, 0.4) is 0 Å². The molecule has 1 aromatic heterocycles. The Kier molecular flexibility index (Phi) is 13.3. The largest absolute Gasteiger partial charge is 0.354 e. The van der Waals surface area contributed by atoms with Crippen molar-refractivity contribution in [3.8, 4) is 0 Å². The monoisotopic (exact) mass is 369 g/mol. The molecule has 0 radical (unpaired) electrons. The highest BCUT2D eigenvalue weighted by atomic mass is 35.5. The van der Waals surface area contributed by atoms with Crippen molar-refractivity contribution in [1.29, 1.82) is 0 Å². The summed E-state index contributed by atoms with van der Waals surface area (Å²) in [6, 6.07) is 0. The van der Waals surface area contributed by atoms with Crippen molar-refractivity contribution >= 4 is 23.5 Å². The van der Waals surface area contributed by atoms with E-state index in [-0.39, 0.29) is 5.28 Å². The summed E-state index contributed by atoms with van der Waals surface area (Å²) in [7, 11) is 0. The molecule has 0 atom stereocenters. The Morgan fingerprint density at radius 2 is 1.00 bits per heavy atom. The van der Waals surface area contributed by atoms with E-state index in [1.54, 1.807) is 0 Å². The van der Waals surface area contributed by atoms with E-state index >= 15 is 0 Å². The minimum absolute atomic E-state index is 0.242. The molecule has 0 saturated heterocycles. The van der Waals surface area contributed by atoms with Gasteiger partial charge in [0.05, 0.1) is 0 Å².